The molecule has 0 unspecified atom stereocenters. The van der Waals surface area contributed by atoms with Crippen LogP contribution in [-0.2, 0) is 16.9 Å². The molecule has 3 rings (SSSR count). The van der Waals surface area contributed by atoms with Gasteiger partial charge in [0.2, 0.25) is 0 Å². The van der Waals surface area contributed by atoms with Gasteiger partial charge in [-0.05, 0) is 44.8 Å². The molecule has 21 heavy (non-hydrogen) atoms. The fraction of sp³-hybridized carbons (Fsp3) is 0.769. The number of halogens is 2. The van der Waals surface area contributed by atoms with Gasteiger partial charge in [0.15, 0.2) is 5.03 Å². The Bertz CT molecular complexity index is 632. The number of hydrogen-bond donors (Lipinski definition) is 1. The minimum absolute atomic E-state index is 0.166. The van der Waals surface area contributed by atoms with Crippen LogP contribution in [0.3, 0.4) is 0 Å². The quantitative estimate of drug-likeness (QED) is 0.917. The van der Waals surface area contributed by atoms with Gasteiger partial charge < -0.3 is 5.32 Å². The van der Waals surface area contributed by atoms with Crippen molar-refractivity contribution in [3.05, 3.63) is 11.8 Å². The molecular weight excluding hydrogens is 300 g/mol. The molecule has 5 nitrogen and oxygen atoms in total. The highest BCUT2D eigenvalue weighted by atomic mass is 32.2. The monoisotopic (exact) mass is 319 g/mol. The number of sulfone groups is 1. The second-order valence-electron chi connectivity index (χ2n) is 5.89. The van der Waals surface area contributed by atoms with Crippen LogP contribution in [-0.4, -0.2) is 36.5 Å². The Balaban J connectivity index is 1.94. The van der Waals surface area contributed by atoms with E-state index >= 15 is 0 Å². The Hall–Kier alpha value is -1.02. The van der Waals surface area contributed by atoms with Crippen molar-refractivity contribution >= 4 is 9.84 Å². The molecule has 118 valence electrons. The van der Waals surface area contributed by atoms with Crippen molar-refractivity contribution in [3.63, 3.8) is 0 Å². The lowest BCUT2D eigenvalue weighted by molar-refractivity contribution is 0.0117. The molecule has 1 saturated carbocycles. The first-order chi connectivity index (χ1) is 9.84. The molecule has 0 aromatic carbocycles. The van der Waals surface area contributed by atoms with Crippen LogP contribution in [0.2, 0.25) is 0 Å². The van der Waals surface area contributed by atoms with Crippen LogP contribution in [0.4, 0.5) is 8.78 Å². The minimum Gasteiger partial charge on any atom is -0.317 e. The van der Waals surface area contributed by atoms with E-state index in [2.05, 4.69) is 10.4 Å². The smallest absolute Gasteiger partial charge is 0.317 e. The summed E-state index contributed by atoms with van der Waals surface area (Å²) in [6, 6.07) is 1.32. The normalized spacial score (nSPS) is 21.7. The van der Waals surface area contributed by atoms with Crippen LogP contribution in [0, 0.1) is 5.92 Å². The van der Waals surface area contributed by atoms with Crippen molar-refractivity contribution in [1.82, 2.24) is 15.1 Å². The van der Waals surface area contributed by atoms with E-state index in [9.17, 15) is 17.2 Å². The van der Waals surface area contributed by atoms with Crippen LogP contribution in [0.1, 0.15) is 37.3 Å². The largest absolute Gasteiger partial charge is 0.354 e. The number of alkyl halides is 2. The van der Waals surface area contributed by atoms with Gasteiger partial charge in [-0.15, -0.1) is 0 Å². The van der Waals surface area contributed by atoms with Crippen molar-refractivity contribution < 1.29 is 17.2 Å². The highest BCUT2D eigenvalue weighted by Gasteiger charge is 2.54. The number of hydrogen-bond acceptors (Lipinski definition) is 4. The summed E-state index contributed by atoms with van der Waals surface area (Å²) in [6.45, 7) is 0.850. The zero-order chi connectivity index (χ0) is 15.3. The van der Waals surface area contributed by atoms with Gasteiger partial charge in [0.05, 0.1) is 5.69 Å². The van der Waals surface area contributed by atoms with Crippen LogP contribution in [0.15, 0.2) is 11.1 Å². The summed E-state index contributed by atoms with van der Waals surface area (Å²) < 4.78 is 54.9. The maximum atomic E-state index is 14.5. The fourth-order valence-corrected chi connectivity index (χ4v) is 4.44. The minimum atomic E-state index is -4.71. The Labute approximate surface area is 122 Å². The molecule has 1 saturated heterocycles. The van der Waals surface area contributed by atoms with Gasteiger partial charge in [-0.25, -0.2) is 8.42 Å². The molecule has 1 aliphatic heterocycles. The van der Waals surface area contributed by atoms with E-state index in [0.29, 0.717) is 18.8 Å². The molecule has 1 aromatic rings. The maximum Gasteiger partial charge on any atom is 0.354 e. The summed E-state index contributed by atoms with van der Waals surface area (Å²) in [5, 5.41) is 2.95. The average molecular weight is 319 g/mol. The van der Waals surface area contributed by atoms with Gasteiger partial charge in [0.25, 0.3) is 9.84 Å². The zero-order valence-corrected chi connectivity index (χ0v) is 12.7. The standard InChI is InChI=1S/C13H19F2N3O2S/c1-18-12(8-11(17-18)9-2-3-9)21(19,20)13(14,15)10-4-6-16-7-5-10/h8-10,16H,2-7H2,1H3. The van der Waals surface area contributed by atoms with Crippen LogP contribution in [0.25, 0.3) is 0 Å². The van der Waals surface area contributed by atoms with Gasteiger partial charge >= 0.3 is 5.25 Å². The van der Waals surface area contributed by atoms with Crippen molar-refractivity contribution in [2.75, 3.05) is 13.1 Å². The number of piperidine rings is 1. The molecule has 2 aliphatic rings. The van der Waals surface area contributed by atoms with E-state index in [1.54, 1.807) is 0 Å². The SMILES string of the molecule is Cn1nc(C2CC2)cc1S(=O)(=O)C(F)(F)C1CCNCC1. The third-order valence-electron chi connectivity index (χ3n) is 4.30. The molecule has 0 amide bonds. The lowest BCUT2D eigenvalue weighted by atomic mass is 9.99. The molecule has 1 aliphatic carbocycles. The molecule has 0 radical (unpaired) electrons. The third-order valence-corrected chi connectivity index (χ3v) is 6.28. The molecule has 2 heterocycles. The van der Waals surface area contributed by atoms with Crippen LogP contribution in [0.5, 0.6) is 0 Å². The summed E-state index contributed by atoms with van der Waals surface area (Å²) in [5.41, 5.74) is 0.609. The summed E-state index contributed by atoms with van der Waals surface area (Å²) >= 11 is 0. The summed E-state index contributed by atoms with van der Waals surface area (Å²) in [7, 11) is -3.30. The first-order valence-corrected chi connectivity index (χ1v) is 8.69. The summed E-state index contributed by atoms with van der Waals surface area (Å²) in [5.74, 6) is -0.907. The topological polar surface area (TPSA) is 64.0 Å². The highest BCUT2D eigenvalue weighted by molar-refractivity contribution is 7.92. The van der Waals surface area contributed by atoms with Gasteiger partial charge in [-0.2, -0.15) is 13.9 Å². The second kappa shape index (κ2) is 5.01. The van der Waals surface area contributed by atoms with E-state index < -0.39 is 21.0 Å². The van der Waals surface area contributed by atoms with E-state index in [4.69, 9.17) is 0 Å². The van der Waals surface area contributed by atoms with Crippen LogP contribution >= 0.6 is 0 Å². The zero-order valence-electron chi connectivity index (χ0n) is 11.8. The molecular formula is C13H19F2N3O2S. The van der Waals surface area contributed by atoms with Crippen molar-refractivity contribution in [3.8, 4) is 0 Å². The number of aryl methyl sites for hydroxylation is 1. The lowest BCUT2D eigenvalue weighted by Crippen LogP contribution is -2.43. The number of nitrogens with one attached hydrogen (secondary N) is 1. The fourth-order valence-electron chi connectivity index (χ4n) is 2.82. The average Bonchev–Trinajstić information content (AvgIpc) is 3.22. The van der Waals surface area contributed by atoms with Gasteiger partial charge in [0.1, 0.15) is 0 Å². The number of nitrogens with zero attached hydrogens (tertiary/aromatic N) is 2. The molecule has 8 heteroatoms. The molecule has 0 bridgehead atoms. The molecule has 2 fully saturated rings. The Kier molecular flexibility index (Phi) is 3.56. The number of rotatable bonds is 4. The van der Waals surface area contributed by atoms with E-state index in [1.807, 2.05) is 0 Å². The maximum absolute atomic E-state index is 14.5. The summed E-state index contributed by atoms with van der Waals surface area (Å²) in [6.07, 6.45) is 2.22. The van der Waals surface area contributed by atoms with Crippen molar-refractivity contribution in [1.29, 1.82) is 0 Å². The molecule has 1 aromatic heterocycles. The highest BCUT2D eigenvalue weighted by Crippen LogP contribution is 2.43. The first-order valence-electron chi connectivity index (χ1n) is 7.21. The van der Waals surface area contributed by atoms with Gasteiger partial charge in [-0.3, -0.25) is 4.68 Å². The predicted molar refractivity (Wildman–Crippen MR) is 72.9 cm³/mol. The predicted octanol–water partition coefficient (Wildman–Crippen LogP) is 1.66. The Morgan fingerprint density at radius 3 is 2.48 bits per heavy atom. The van der Waals surface area contributed by atoms with Crippen molar-refractivity contribution in [2.24, 2.45) is 13.0 Å². The Morgan fingerprint density at radius 2 is 1.90 bits per heavy atom. The second-order valence-corrected chi connectivity index (χ2v) is 7.86. The van der Waals surface area contributed by atoms with E-state index in [0.717, 1.165) is 17.5 Å². The number of aromatic nitrogens is 2. The first kappa shape index (κ1) is 14.9. The van der Waals surface area contributed by atoms with E-state index in [1.165, 1.54) is 13.1 Å². The van der Waals surface area contributed by atoms with E-state index in [-0.39, 0.29) is 23.8 Å². The lowest BCUT2D eigenvalue weighted by Gasteiger charge is -2.29. The van der Waals surface area contributed by atoms with Crippen molar-refractivity contribution in [2.45, 2.75) is 41.9 Å². The van der Waals surface area contributed by atoms with Gasteiger partial charge in [-0.1, -0.05) is 0 Å². The Morgan fingerprint density at radius 1 is 1.29 bits per heavy atom. The van der Waals surface area contributed by atoms with Gasteiger partial charge in [0, 0.05) is 18.9 Å². The molecule has 1 N–H and O–H groups in total. The third kappa shape index (κ3) is 2.48. The molecule has 0 atom stereocenters. The molecule has 0 spiro atoms. The van der Waals surface area contributed by atoms with Crippen LogP contribution < -0.4 is 5.32 Å². The summed E-state index contributed by atoms with van der Waals surface area (Å²) in [4.78, 5) is 0.